The standard InChI is InChI=1S/C17H17ClF3N3O2S/c1-2-12-14-15(22-23-16(14)17(19,20)21)9-7-13(24(12)8-9)27(25,26)11-5-3-10(18)4-6-11/h3-6,9,12-13H,2,7-8H2,1H3,(H,22,23). The normalized spacial score (nSPS) is 27.6. The van der Waals surface area contributed by atoms with Crippen molar-refractivity contribution in [2.45, 2.75) is 48.2 Å². The molecule has 1 N–H and O–H groups in total. The van der Waals surface area contributed by atoms with Gasteiger partial charge in [0, 0.05) is 34.8 Å². The number of H-pyrrole nitrogens is 1. The molecule has 1 aromatic heterocycles. The van der Waals surface area contributed by atoms with E-state index in [2.05, 4.69) is 10.2 Å². The van der Waals surface area contributed by atoms with Crippen LogP contribution < -0.4 is 0 Å². The largest absolute Gasteiger partial charge is 0.435 e. The molecule has 3 heterocycles. The van der Waals surface area contributed by atoms with Crippen molar-refractivity contribution in [1.29, 1.82) is 0 Å². The number of halogens is 4. The summed E-state index contributed by atoms with van der Waals surface area (Å²) in [5.41, 5.74) is -0.433. The number of aromatic amines is 1. The third-order valence-corrected chi connectivity index (χ3v) is 7.78. The van der Waals surface area contributed by atoms with E-state index in [4.69, 9.17) is 11.6 Å². The fraction of sp³-hybridized carbons (Fsp3) is 0.471. The van der Waals surface area contributed by atoms with Gasteiger partial charge in [-0.2, -0.15) is 18.3 Å². The molecule has 146 valence electrons. The summed E-state index contributed by atoms with van der Waals surface area (Å²) in [6.45, 7) is 2.15. The second kappa shape index (κ2) is 6.22. The zero-order valence-corrected chi connectivity index (χ0v) is 15.9. The SMILES string of the molecule is CCC1c2c(C(F)(F)F)n[nH]c2C2CC(S(=O)(=O)c3ccc(Cl)cc3)N1C2. The smallest absolute Gasteiger partial charge is 0.281 e. The van der Waals surface area contributed by atoms with Gasteiger partial charge >= 0.3 is 6.18 Å². The van der Waals surface area contributed by atoms with E-state index < -0.39 is 33.1 Å². The van der Waals surface area contributed by atoms with Gasteiger partial charge in [-0.05, 0) is 37.1 Å². The fourth-order valence-corrected chi connectivity index (χ4v) is 6.31. The van der Waals surface area contributed by atoms with Crippen LogP contribution in [0.3, 0.4) is 0 Å². The summed E-state index contributed by atoms with van der Waals surface area (Å²) < 4.78 is 66.5. The second-order valence-electron chi connectivity index (χ2n) is 6.90. The third-order valence-electron chi connectivity index (χ3n) is 5.42. The maximum absolute atomic E-state index is 13.4. The minimum atomic E-state index is -4.58. The molecule has 0 amide bonds. The lowest BCUT2D eigenvalue weighted by Crippen LogP contribution is -2.40. The molecule has 2 aromatic rings. The zero-order valence-electron chi connectivity index (χ0n) is 14.3. The Morgan fingerprint density at radius 3 is 2.56 bits per heavy atom. The van der Waals surface area contributed by atoms with Crippen molar-refractivity contribution < 1.29 is 21.6 Å². The van der Waals surface area contributed by atoms with E-state index >= 15 is 0 Å². The molecule has 27 heavy (non-hydrogen) atoms. The number of benzene rings is 1. The monoisotopic (exact) mass is 419 g/mol. The number of alkyl halides is 3. The summed E-state index contributed by atoms with van der Waals surface area (Å²) in [5.74, 6) is -0.321. The molecule has 0 saturated carbocycles. The molecule has 1 fully saturated rings. The molecule has 4 atom stereocenters. The molecular weight excluding hydrogens is 403 g/mol. The number of rotatable bonds is 3. The molecule has 1 aromatic carbocycles. The Labute approximate surface area is 159 Å². The van der Waals surface area contributed by atoms with Crippen molar-refractivity contribution in [2.24, 2.45) is 0 Å². The number of fused-ring (bicyclic) bond motifs is 4. The molecule has 1 saturated heterocycles. The van der Waals surface area contributed by atoms with Crippen LogP contribution in [0.1, 0.15) is 48.7 Å². The maximum atomic E-state index is 13.4. The van der Waals surface area contributed by atoms with E-state index in [0.717, 1.165) is 0 Å². The summed E-state index contributed by atoms with van der Waals surface area (Å²) in [6.07, 6.45) is -4.00. The van der Waals surface area contributed by atoms with Gasteiger partial charge in [-0.15, -0.1) is 0 Å². The van der Waals surface area contributed by atoms with Crippen molar-refractivity contribution >= 4 is 21.4 Å². The summed E-state index contributed by atoms with van der Waals surface area (Å²) in [5, 5.41) is 5.57. The van der Waals surface area contributed by atoms with Gasteiger partial charge in [-0.1, -0.05) is 18.5 Å². The molecule has 4 unspecified atom stereocenters. The van der Waals surface area contributed by atoms with Crippen LogP contribution >= 0.6 is 11.6 Å². The van der Waals surface area contributed by atoms with E-state index in [-0.39, 0.29) is 22.8 Å². The van der Waals surface area contributed by atoms with Crippen LogP contribution in [0, 0.1) is 0 Å². The highest BCUT2D eigenvalue weighted by molar-refractivity contribution is 7.92. The van der Waals surface area contributed by atoms with E-state index in [0.29, 0.717) is 23.7 Å². The highest BCUT2D eigenvalue weighted by Gasteiger charge is 2.53. The first-order chi connectivity index (χ1) is 12.6. The Kier molecular flexibility index (Phi) is 4.32. The van der Waals surface area contributed by atoms with Crippen molar-refractivity contribution in [3.8, 4) is 0 Å². The van der Waals surface area contributed by atoms with Gasteiger partial charge in [-0.25, -0.2) is 8.42 Å². The first kappa shape index (κ1) is 18.8. The molecular formula is C17H17ClF3N3O2S. The fourth-order valence-electron chi connectivity index (χ4n) is 4.28. The minimum Gasteiger partial charge on any atom is -0.281 e. The average molecular weight is 420 g/mol. The quantitative estimate of drug-likeness (QED) is 0.812. The van der Waals surface area contributed by atoms with Crippen LogP contribution in [-0.4, -0.2) is 35.4 Å². The number of sulfone groups is 1. The van der Waals surface area contributed by atoms with E-state index in [1.165, 1.54) is 24.3 Å². The second-order valence-corrected chi connectivity index (χ2v) is 9.45. The van der Waals surface area contributed by atoms with Gasteiger partial charge in [0.05, 0.1) is 4.90 Å². The number of aromatic nitrogens is 2. The molecule has 2 aliphatic rings. The molecule has 2 bridgehead atoms. The zero-order chi connectivity index (χ0) is 19.6. The van der Waals surface area contributed by atoms with Crippen molar-refractivity contribution in [3.63, 3.8) is 0 Å². The highest BCUT2D eigenvalue weighted by atomic mass is 35.5. The Hall–Kier alpha value is -1.58. The van der Waals surface area contributed by atoms with Crippen LogP contribution in [0.5, 0.6) is 0 Å². The third kappa shape index (κ3) is 2.87. The van der Waals surface area contributed by atoms with Crippen LogP contribution in [0.15, 0.2) is 29.2 Å². The Bertz CT molecular complexity index is 972. The number of nitrogens with zero attached hydrogens (tertiary/aromatic N) is 2. The van der Waals surface area contributed by atoms with Crippen LogP contribution in [0.2, 0.25) is 5.02 Å². The molecule has 4 rings (SSSR count). The van der Waals surface area contributed by atoms with Gasteiger partial charge in [0.1, 0.15) is 5.37 Å². The van der Waals surface area contributed by atoms with E-state index in [9.17, 15) is 21.6 Å². The van der Waals surface area contributed by atoms with E-state index in [1.54, 1.807) is 11.8 Å². The predicted molar refractivity (Wildman–Crippen MR) is 93.1 cm³/mol. The first-order valence-corrected chi connectivity index (χ1v) is 10.5. The van der Waals surface area contributed by atoms with Crippen LogP contribution in [-0.2, 0) is 16.0 Å². The summed E-state index contributed by atoms with van der Waals surface area (Å²) in [4.78, 5) is 1.80. The lowest BCUT2D eigenvalue weighted by Gasteiger charge is -2.35. The summed E-state index contributed by atoms with van der Waals surface area (Å²) >= 11 is 5.84. The lowest BCUT2D eigenvalue weighted by atomic mass is 9.90. The topological polar surface area (TPSA) is 66.1 Å². The first-order valence-electron chi connectivity index (χ1n) is 8.55. The number of nitrogens with one attached hydrogen (secondary N) is 1. The summed E-state index contributed by atoms with van der Waals surface area (Å²) in [7, 11) is -3.74. The van der Waals surface area contributed by atoms with Gasteiger partial charge in [0.2, 0.25) is 0 Å². The molecule has 0 aliphatic carbocycles. The van der Waals surface area contributed by atoms with Crippen LogP contribution in [0.25, 0.3) is 0 Å². The van der Waals surface area contributed by atoms with Crippen molar-refractivity contribution in [2.75, 3.05) is 6.54 Å². The van der Waals surface area contributed by atoms with E-state index in [1.807, 2.05) is 0 Å². The number of hydrogen-bond acceptors (Lipinski definition) is 4. The van der Waals surface area contributed by atoms with Gasteiger partial charge in [0.25, 0.3) is 0 Å². The van der Waals surface area contributed by atoms with Gasteiger partial charge < -0.3 is 0 Å². The molecule has 10 heteroatoms. The Balaban J connectivity index is 1.77. The summed E-state index contributed by atoms with van der Waals surface area (Å²) in [6, 6.07) is 5.21. The lowest BCUT2D eigenvalue weighted by molar-refractivity contribution is -0.142. The van der Waals surface area contributed by atoms with Crippen LogP contribution in [0.4, 0.5) is 13.2 Å². The van der Waals surface area contributed by atoms with Crippen molar-refractivity contribution in [3.05, 3.63) is 46.2 Å². The highest BCUT2D eigenvalue weighted by Crippen LogP contribution is 2.51. The molecule has 5 nitrogen and oxygen atoms in total. The predicted octanol–water partition coefficient (Wildman–Crippen LogP) is 4.14. The molecule has 0 radical (unpaired) electrons. The minimum absolute atomic E-state index is 0.0926. The average Bonchev–Trinajstić information content (AvgIpc) is 3.20. The van der Waals surface area contributed by atoms with Gasteiger partial charge in [-0.3, -0.25) is 10.00 Å². The Morgan fingerprint density at radius 1 is 1.30 bits per heavy atom. The molecule has 2 aliphatic heterocycles. The van der Waals surface area contributed by atoms with Crippen molar-refractivity contribution in [1.82, 2.24) is 15.1 Å². The van der Waals surface area contributed by atoms with Gasteiger partial charge in [0.15, 0.2) is 15.5 Å². The maximum Gasteiger partial charge on any atom is 0.435 e. The molecule has 0 spiro atoms. The number of hydrogen-bond donors (Lipinski definition) is 1. The Morgan fingerprint density at radius 2 is 1.96 bits per heavy atom.